The smallest absolute Gasteiger partial charge is 0.255 e. The Balaban J connectivity index is 1.70. The Morgan fingerprint density at radius 1 is 0.889 bits per heavy atom. The van der Waals surface area contributed by atoms with E-state index in [0.717, 1.165) is 25.9 Å². The van der Waals surface area contributed by atoms with Crippen LogP contribution < -0.4 is 14.8 Å². The summed E-state index contributed by atoms with van der Waals surface area (Å²) in [6.45, 7) is 1.61. The average molecular weight is 368 g/mol. The van der Waals surface area contributed by atoms with Gasteiger partial charge in [0.05, 0.1) is 19.9 Å². The monoisotopic (exact) mass is 368 g/mol. The van der Waals surface area contributed by atoms with Crippen molar-refractivity contribution >= 4 is 17.5 Å². The summed E-state index contributed by atoms with van der Waals surface area (Å²) in [7, 11) is 3.10. The van der Waals surface area contributed by atoms with Gasteiger partial charge in [-0.1, -0.05) is 0 Å². The van der Waals surface area contributed by atoms with Gasteiger partial charge < -0.3 is 19.7 Å². The van der Waals surface area contributed by atoms with Crippen molar-refractivity contribution in [1.29, 1.82) is 0 Å². The van der Waals surface area contributed by atoms with Gasteiger partial charge in [0.1, 0.15) is 11.5 Å². The van der Waals surface area contributed by atoms with Crippen LogP contribution in [-0.2, 0) is 0 Å². The lowest BCUT2D eigenvalue weighted by Gasteiger charge is -2.26. The number of amides is 2. The minimum atomic E-state index is -0.268. The molecular weight excluding hydrogens is 344 g/mol. The molecule has 2 aromatic rings. The molecule has 0 aliphatic carbocycles. The van der Waals surface area contributed by atoms with Crippen LogP contribution in [0.4, 0.5) is 5.69 Å². The number of piperidine rings is 1. The van der Waals surface area contributed by atoms with Crippen LogP contribution in [0, 0.1) is 0 Å². The highest BCUT2D eigenvalue weighted by Gasteiger charge is 2.18. The summed E-state index contributed by atoms with van der Waals surface area (Å²) in [5.41, 5.74) is 1.63. The Bertz CT molecular complexity index is 811. The topological polar surface area (TPSA) is 67.9 Å². The summed E-state index contributed by atoms with van der Waals surface area (Å²) in [5, 5.41) is 2.83. The molecule has 3 rings (SSSR count). The van der Waals surface area contributed by atoms with E-state index in [1.807, 2.05) is 4.90 Å². The van der Waals surface area contributed by atoms with E-state index >= 15 is 0 Å². The van der Waals surface area contributed by atoms with Crippen LogP contribution in [0.15, 0.2) is 42.5 Å². The molecule has 0 aromatic heterocycles. The summed E-state index contributed by atoms with van der Waals surface area (Å²) in [6.07, 6.45) is 3.28. The van der Waals surface area contributed by atoms with Crippen molar-refractivity contribution in [1.82, 2.24) is 4.90 Å². The van der Waals surface area contributed by atoms with Gasteiger partial charge in [0.25, 0.3) is 11.8 Å². The van der Waals surface area contributed by atoms with Crippen molar-refractivity contribution in [3.8, 4) is 11.5 Å². The quantitative estimate of drug-likeness (QED) is 0.876. The van der Waals surface area contributed by atoms with Gasteiger partial charge in [-0.15, -0.1) is 0 Å². The number of nitrogens with zero attached hydrogens (tertiary/aromatic N) is 1. The van der Waals surface area contributed by atoms with Crippen LogP contribution in [0.2, 0.25) is 0 Å². The molecule has 0 spiro atoms. The second-order valence-corrected chi connectivity index (χ2v) is 6.45. The number of hydrogen-bond acceptors (Lipinski definition) is 4. The molecule has 1 aliphatic heterocycles. The third kappa shape index (κ3) is 4.39. The standard InChI is InChI=1S/C21H24N2O4/c1-26-17-10-11-18(19(14-17)27-2)22-20(24)15-6-8-16(9-7-15)21(25)23-12-4-3-5-13-23/h6-11,14H,3-5,12-13H2,1-2H3,(H,22,24). The number of anilines is 1. The van der Waals surface area contributed by atoms with E-state index in [1.165, 1.54) is 13.5 Å². The van der Waals surface area contributed by atoms with Crippen LogP contribution in [-0.4, -0.2) is 44.0 Å². The van der Waals surface area contributed by atoms with Crippen molar-refractivity contribution in [3.05, 3.63) is 53.6 Å². The number of carbonyl (C=O) groups is 2. The molecule has 0 unspecified atom stereocenters. The molecule has 0 bridgehead atoms. The van der Waals surface area contributed by atoms with E-state index in [-0.39, 0.29) is 11.8 Å². The molecule has 1 saturated heterocycles. The minimum absolute atomic E-state index is 0.0264. The third-order valence-electron chi connectivity index (χ3n) is 4.69. The first-order valence-corrected chi connectivity index (χ1v) is 9.05. The number of ether oxygens (including phenoxy) is 2. The molecule has 6 nitrogen and oxygen atoms in total. The van der Waals surface area contributed by atoms with Crippen molar-refractivity contribution in [2.24, 2.45) is 0 Å². The fourth-order valence-electron chi connectivity index (χ4n) is 3.14. The molecule has 0 atom stereocenters. The van der Waals surface area contributed by atoms with Crippen LogP contribution in [0.25, 0.3) is 0 Å². The van der Waals surface area contributed by atoms with Crippen molar-refractivity contribution in [2.45, 2.75) is 19.3 Å². The summed E-state index contributed by atoms with van der Waals surface area (Å²) < 4.78 is 10.5. The highest BCUT2D eigenvalue weighted by molar-refractivity contribution is 6.05. The highest BCUT2D eigenvalue weighted by Crippen LogP contribution is 2.29. The van der Waals surface area contributed by atoms with Gasteiger partial charge >= 0.3 is 0 Å². The molecule has 2 amide bonds. The average Bonchev–Trinajstić information content (AvgIpc) is 2.74. The van der Waals surface area contributed by atoms with E-state index < -0.39 is 0 Å². The highest BCUT2D eigenvalue weighted by atomic mass is 16.5. The number of rotatable bonds is 5. The Hall–Kier alpha value is -3.02. The fourth-order valence-corrected chi connectivity index (χ4v) is 3.14. The molecule has 142 valence electrons. The molecule has 1 N–H and O–H groups in total. The number of likely N-dealkylation sites (tertiary alicyclic amines) is 1. The molecule has 6 heteroatoms. The Labute approximate surface area is 159 Å². The molecule has 2 aromatic carbocycles. The van der Waals surface area contributed by atoms with Gasteiger partial charge in [-0.25, -0.2) is 0 Å². The maximum absolute atomic E-state index is 12.5. The summed E-state index contributed by atoms with van der Waals surface area (Å²) in [6, 6.07) is 11.9. The number of carbonyl (C=O) groups excluding carboxylic acids is 2. The minimum Gasteiger partial charge on any atom is -0.497 e. The zero-order valence-corrected chi connectivity index (χ0v) is 15.7. The summed E-state index contributed by atoms with van der Waals surface area (Å²) >= 11 is 0. The molecule has 1 heterocycles. The number of methoxy groups -OCH3 is 2. The van der Waals surface area contributed by atoms with Crippen LogP contribution >= 0.6 is 0 Å². The molecule has 1 fully saturated rings. The molecule has 0 saturated carbocycles. The van der Waals surface area contributed by atoms with Crippen LogP contribution in [0.3, 0.4) is 0 Å². The second-order valence-electron chi connectivity index (χ2n) is 6.45. The van der Waals surface area contributed by atoms with Gasteiger partial charge in [0, 0.05) is 30.3 Å². The first-order valence-electron chi connectivity index (χ1n) is 9.05. The number of nitrogens with one attached hydrogen (secondary N) is 1. The fraction of sp³-hybridized carbons (Fsp3) is 0.333. The van der Waals surface area contributed by atoms with Gasteiger partial charge in [-0.05, 0) is 55.7 Å². The predicted molar refractivity (Wildman–Crippen MR) is 104 cm³/mol. The van der Waals surface area contributed by atoms with Gasteiger partial charge in [-0.3, -0.25) is 9.59 Å². The van der Waals surface area contributed by atoms with E-state index in [1.54, 1.807) is 49.6 Å². The van der Waals surface area contributed by atoms with Gasteiger partial charge in [0.15, 0.2) is 0 Å². The summed E-state index contributed by atoms with van der Waals surface area (Å²) in [4.78, 5) is 26.9. The first kappa shape index (κ1) is 18.8. The Kier molecular flexibility index (Phi) is 5.96. The summed E-state index contributed by atoms with van der Waals surface area (Å²) in [5.74, 6) is 0.916. The van der Waals surface area contributed by atoms with E-state index in [2.05, 4.69) is 5.32 Å². The van der Waals surface area contributed by atoms with E-state index in [9.17, 15) is 9.59 Å². The molecule has 27 heavy (non-hydrogen) atoms. The van der Waals surface area contributed by atoms with Gasteiger partial charge in [-0.2, -0.15) is 0 Å². The second kappa shape index (κ2) is 8.58. The van der Waals surface area contributed by atoms with Gasteiger partial charge in [0.2, 0.25) is 0 Å². The lowest BCUT2D eigenvalue weighted by molar-refractivity contribution is 0.0724. The third-order valence-corrected chi connectivity index (χ3v) is 4.69. The maximum Gasteiger partial charge on any atom is 0.255 e. The lowest BCUT2D eigenvalue weighted by atomic mass is 10.1. The zero-order valence-electron chi connectivity index (χ0n) is 15.7. The first-order chi connectivity index (χ1) is 13.1. The SMILES string of the molecule is COc1ccc(NC(=O)c2ccc(C(=O)N3CCCCC3)cc2)c(OC)c1. The Morgan fingerprint density at radius 2 is 1.56 bits per heavy atom. The van der Waals surface area contributed by atoms with E-state index in [4.69, 9.17) is 9.47 Å². The van der Waals surface area contributed by atoms with Crippen molar-refractivity contribution in [3.63, 3.8) is 0 Å². The van der Waals surface area contributed by atoms with Crippen molar-refractivity contribution in [2.75, 3.05) is 32.6 Å². The Morgan fingerprint density at radius 3 is 2.19 bits per heavy atom. The van der Waals surface area contributed by atoms with Crippen LogP contribution in [0.1, 0.15) is 40.0 Å². The van der Waals surface area contributed by atoms with E-state index in [0.29, 0.717) is 28.3 Å². The number of hydrogen-bond donors (Lipinski definition) is 1. The predicted octanol–water partition coefficient (Wildman–Crippen LogP) is 3.58. The normalized spacial score (nSPS) is 13.8. The maximum atomic E-state index is 12.5. The molecular formula is C21H24N2O4. The van der Waals surface area contributed by atoms with Crippen molar-refractivity contribution < 1.29 is 19.1 Å². The van der Waals surface area contributed by atoms with Crippen LogP contribution in [0.5, 0.6) is 11.5 Å². The largest absolute Gasteiger partial charge is 0.497 e. The number of benzene rings is 2. The lowest BCUT2D eigenvalue weighted by Crippen LogP contribution is -2.35. The molecule has 0 radical (unpaired) electrons. The zero-order chi connectivity index (χ0) is 19.2. The molecule has 1 aliphatic rings.